The van der Waals surface area contributed by atoms with E-state index in [0.717, 1.165) is 23.4 Å². The molecule has 2 aliphatic heterocycles. The first-order valence-electron chi connectivity index (χ1n) is 7.22. The standard InChI is InChI=1S/C17H14F2N2O/c18-10-5-6-13(19)11(9-10)15-17(7-8-20-15)12-3-1-2-4-14(12)21-16(17)22/h1-6,9,15,20H,7-8H2,(H,21,22)/t15-,17-/m1/s1. The van der Waals surface area contributed by atoms with Gasteiger partial charge in [0.05, 0.1) is 11.5 Å². The molecule has 2 atom stereocenters. The van der Waals surface area contributed by atoms with Crippen molar-refractivity contribution in [2.24, 2.45) is 0 Å². The third-order valence-corrected chi connectivity index (χ3v) is 4.69. The first-order chi connectivity index (χ1) is 10.6. The molecule has 3 nitrogen and oxygen atoms in total. The van der Waals surface area contributed by atoms with E-state index in [9.17, 15) is 13.6 Å². The van der Waals surface area contributed by atoms with E-state index >= 15 is 0 Å². The average molecular weight is 300 g/mol. The van der Waals surface area contributed by atoms with Gasteiger partial charge in [0.2, 0.25) is 5.91 Å². The second-order valence-corrected chi connectivity index (χ2v) is 5.77. The number of benzene rings is 2. The number of nitrogens with one attached hydrogen (secondary N) is 2. The topological polar surface area (TPSA) is 41.1 Å². The molecule has 0 unspecified atom stereocenters. The Bertz CT molecular complexity index is 777. The molecule has 0 radical (unpaired) electrons. The molecule has 2 aromatic rings. The molecule has 5 heteroatoms. The van der Waals surface area contributed by atoms with Crippen molar-refractivity contribution in [1.29, 1.82) is 0 Å². The van der Waals surface area contributed by atoms with E-state index in [4.69, 9.17) is 0 Å². The number of carbonyl (C=O) groups excluding carboxylic acids is 1. The number of halogens is 2. The van der Waals surface area contributed by atoms with Gasteiger partial charge in [-0.2, -0.15) is 0 Å². The zero-order valence-electron chi connectivity index (χ0n) is 11.7. The summed E-state index contributed by atoms with van der Waals surface area (Å²) in [5.41, 5.74) is 0.909. The third kappa shape index (κ3) is 1.66. The van der Waals surface area contributed by atoms with Crippen molar-refractivity contribution in [2.45, 2.75) is 17.9 Å². The summed E-state index contributed by atoms with van der Waals surface area (Å²) < 4.78 is 27.8. The number of carbonyl (C=O) groups is 1. The molecule has 2 N–H and O–H groups in total. The zero-order chi connectivity index (χ0) is 15.3. The summed E-state index contributed by atoms with van der Waals surface area (Å²) in [6, 6.07) is 10.2. The quantitative estimate of drug-likeness (QED) is 0.850. The van der Waals surface area contributed by atoms with Crippen LogP contribution in [0.15, 0.2) is 42.5 Å². The Morgan fingerprint density at radius 3 is 2.82 bits per heavy atom. The van der Waals surface area contributed by atoms with Crippen LogP contribution in [0.25, 0.3) is 0 Å². The number of amides is 1. The summed E-state index contributed by atoms with van der Waals surface area (Å²) in [5, 5.41) is 6.05. The van der Waals surface area contributed by atoms with E-state index in [1.165, 1.54) is 6.07 Å². The van der Waals surface area contributed by atoms with Gasteiger partial charge in [0, 0.05) is 11.3 Å². The van der Waals surface area contributed by atoms with Gasteiger partial charge in [-0.3, -0.25) is 4.79 Å². The normalized spacial score (nSPS) is 26.3. The Labute approximate surface area is 126 Å². The lowest BCUT2D eigenvalue weighted by Crippen LogP contribution is -2.40. The van der Waals surface area contributed by atoms with Crippen LogP contribution in [0, 0.1) is 11.6 Å². The second-order valence-electron chi connectivity index (χ2n) is 5.77. The number of fused-ring (bicyclic) bond motifs is 2. The highest BCUT2D eigenvalue weighted by molar-refractivity contribution is 6.07. The van der Waals surface area contributed by atoms with Crippen LogP contribution in [0.3, 0.4) is 0 Å². The van der Waals surface area contributed by atoms with E-state index < -0.39 is 23.1 Å². The highest BCUT2D eigenvalue weighted by Crippen LogP contribution is 2.51. The van der Waals surface area contributed by atoms with Crippen LogP contribution in [0.2, 0.25) is 0 Å². The molecule has 2 heterocycles. The Kier molecular flexibility index (Phi) is 2.81. The van der Waals surface area contributed by atoms with E-state index in [1.54, 1.807) is 0 Å². The van der Waals surface area contributed by atoms with Crippen molar-refractivity contribution in [3.8, 4) is 0 Å². The molecule has 0 aliphatic carbocycles. The molecule has 112 valence electrons. The van der Waals surface area contributed by atoms with Crippen molar-refractivity contribution >= 4 is 11.6 Å². The second kappa shape index (κ2) is 4.61. The molecular formula is C17H14F2N2O. The van der Waals surface area contributed by atoms with Crippen LogP contribution in [-0.2, 0) is 10.2 Å². The van der Waals surface area contributed by atoms with Crippen LogP contribution in [-0.4, -0.2) is 12.5 Å². The first kappa shape index (κ1) is 13.4. The fourth-order valence-corrected chi connectivity index (χ4v) is 3.72. The molecule has 2 aliphatic rings. The van der Waals surface area contributed by atoms with E-state index in [1.807, 2.05) is 24.3 Å². The van der Waals surface area contributed by atoms with Gasteiger partial charge in [0.15, 0.2) is 0 Å². The maximum absolute atomic E-state index is 14.2. The number of hydrogen-bond donors (Lipinski definition) is 2. The fourth-order valence-electron chi connectivity index (χ4n) is 3.72. The zero-order valence-corrected chi connectivity index (χ0v) is 11.7. The summed E-state index contributed by atoms with van der Waals surface area (Å²) in [7, 11) is 0. The van der Waals surface area contributed by atoms with Gasteiger partial charge in [-0.25, -0.2) is 8.78 Å². The maximum atomic E-state index is 14.2. The molecular weight excluding hydrogens is 286 g/mol. The van der Waals surface area contributed by atoms with Crippen LogP contribution in [0.1, 0.15) is 23.6 Å². The molecule has 1 saturated heterocycles. The molecule has 4 rings (SSSR count). The van der Waals surface area contributed by atoms with Crippen molar-refractivity contribution in [3.05, 3.63) is 65.2 Å². The highest BCUT2D eigenvalue weighted by Gasteiger charge is 2.55. The maximum Gasteiger partial charge on any atom is 0.237 e. The van der Waals surface area contributed by atoms with Gasteiger partial charge < -0.3 is 10.6 Å². The summed E-state index contributed by atoms with van der Waals surface area (Å²) in [6.45, 7) is 0.572. The third-order valence-electron chi connectivity index (χ3n) is 4.69. The van der Waals surface area contributed by atoms with Crippen LogP contribution < -0.4 is 10.6 Å². The summed E-state index contributed by atoms with van der Waals surface area (Å²) in [6.07, 6.45) is 0.552. The Morgan fingerprint density at radius 2 is 1.95 bits per heavy atom. The van der Waals surface area contributed by atoms with Gasteiger partial charge in [-0.1, -0.05) is 18.2 Å². The molecule has 0 bridgehead atoms. The number of rotatable bonds is 1. The molecule has 2 aromatic carbocycles. The summed E-state index contributed by atoms with van der Waals surface area (Å²) in [5.74, 6) is -1.17. The first-order valence-corrected chi connectivity index (χ1v) is 7.22. The van der Waals surface area contributed by atoms with E-state index in [-0.39, 0.29) is 11.5 Å². The number of anilines is 1. The van der Waals surface area contributed by atoms with Crippen molar-refractivity contribution in [1.82, 2.24) is 5.32 Å². The van der Waals surface area contributed by atoms with E-state index in [2.05, 4.69) is 10.6 Å². The van der Waals surface area contributed by atoms with Gasteiger partial charge in [-0.15, -0.1) is 0 Å². The van der Waals surface area contributed by atoms with E-state index in [0.29, 0.717) is 13.0 Å². The SMILES string of the molecule is O=C1Nc2ccccc2[C@@]12CCN[C@@H]2c1cc(F)ccc1F. The van der Waals surface area contributed by atoms with Gasteiger partial charge in [-0.05, 0) is 42.8 Å². The minimum atomic E-state index is -0.884. The number of para-hydroxylation sites is 1. The largest absolute Gasteiger partial charge is 0.325 e. The fraction of sp³-hybridized carbons (Fsp3) is 0.235. The molecule has 0 aromatic heterocycles. The van der Waals surface area contributed by atoms with Crippen molar-refractivity contribution in [2.75, 3.05) is 11.9 Å². The predicted molar refractivity (Wildman–Crippen MR) is 78.5 cm³/mol. The lowest BCUT2D eigenvalue weighted by Gasteiger charge is -2.29. The molecule has 22 heavy (non-hydrogen) atoms. The highest BCUT2D eigenvalue weighted by atomic mass is 19.1. The molecule has 1 spiro atoms. The summed E-state index contributed by atoms with van der Waals surface area (Å²) in [4.78, 5) is 12.7. The Morgan fingerprint density at radius 1 is 1.14 bits per heavy atom. The van der Waals surface area contributed by atoms with Crippen LogP contribution in [0.4, 0.5) is 14.5 Å². The predicted octanol–water partition coefficient (Wildman–Crippen LogP) is 2.89. The van der Waals surface area contributed by atoms with Gasteiger partial charge >= 0.3 is 0 Å². The van der Waals surface area contributed by atoms with Crippen molar-refractivity contribution in [3.63, 3.8) is 0 Å². The Hall–Kier alpha value is -2.27. The van der Waals surface area contributed by atoms with Crippen LogP contribution >= 0.6 is 0 Å². The minimum Gasteiger partial charge on any atom is -0.325 e. The van der Waals surface area contributed by atoms with Gasteiger partial charge in [0.25, 0.3) is 0 Å². The van der Waals surface area contributed by atoms with Crippen molar-refractivity contribution < 1.29 is 13.6 Å². The number of hydrogen-bond acceptors (Lipinski definition) is 2. The lowest BCUT2D eigenvalue weighted by molar-refractivity contribution is -0.121. The minimum absolute atomic E-state index is 0.160. The molecule has 1 fully saturated rings. The lowest BCUT2D eigenvalue weighted by atomic mass is 9.73. The Balaban J connectivity index is 1.91. The molecule has 1 amide bonds. The molecule has 0 saturated carbocycles. The smallest absolute Gasteiger partial charge is 0.237 e. The van der Waals surface area contributed by atoms with Crippen LogP contribution in [0.5, 0.6) is 0 Å². The summed E-state index contributed by atoms with van der Waals surface area (Å²) >= 11 is 0. The average Bonchev–Trinajstić information content (AvgIpc) is 3.06. The monoisotopic (exact) mass is 300 g/mol. The van der Waals surface area contributed by atoms with Gasteiger partial charge in [0.1, 0.15) is 11.6 Å².